The fraction of sp³-hybridized carbons (Fsp3) is 0.667. The minimum Gasteiger partial charge on any atom is -0.326 e. The number of hydrogen-bond acceptors (Lipinski definition) is 3. The third-order valence-electron chi connectivity index (χ3n) is 3.39. The molecule has 1 heterocycles. The molecule has 1 aliphatic carbocycles. The van der Waals surface area contributed by atoms with Gasteiger partial charge in [-0.25, -0.2) is 0 Å². The normalized spacial score (nSPS) is 26.3. The maximum absolute atomic E-state index is 6.09. The fourth-order valence-electron chi connectivity index (χ4n) is 2.42. The zero-order valence-corrected chi connectivity index (χ0v) is 10.2. The minimum absolute atomic E-state index is 0.401. The molecule has 0 radical (unpaired) electrons. The predicted molar refractivity (Wildman–Crippen MR) is 66.3 cm³/mol. The van der Waals surface area contributed by atoms with Crippen LogP contribution in [0.4, 0.5) is 0 Å². The second-order valence-electron chi connectivity index (χ2n) is 4.47. The lowest BCUT2D eigenvalue weighted by Gasteiger charge is -2.27. The molecule has 2 N–H and O–H groups in total. The first-order valence-corrected chi connectivity index (χ1v) is 6.63. The van der Waals surface area contributed by atoms with E-state index in [0.29, 0.717) is 12.1 Å². The van der Waals surface area contributed by atoms with Crippen LogP contribution in [0.5, 0.6) is 0 Å². The van der Waals surface area contributed by atoms with Gasteiger partial charge in [-0.15, -0.1) is 11.3 Å². The highest BCUT2D eigenvalue weighted by molar-refractivity contribution is 7.09. The van der Waals surface area contributed by atoms with Gasteiger partial charge in [0.1, 0.15) is 0 Å². The Morgan fingerprint density at radius 2 is 2.40 bits per heavy atom. The molecular weight excluding hydrogens is 204 g/mol. The third-order valence-corrected chi connectivity index (χ3v) is 4.32. The monoisotopic (exact) mass is 224 g/mol. The number of nitrogens with two attached hydrogens (primary N) is 1. The van der Waals surface area contributed by atoms with Crippen molar-refractivity contribution in [1.29, 1.82) is 0 Å². The second kappa shape index (κ2) is 5.10. The van der Waals surface area contributed by atoms with Crippen molar-refractivity contribution < 1.29 is 0 Å². The molecule has 1 aromatic rings. The Kier molecular flexibility index (Phi) is 3.78. The van der Waals surface area contributed by atoms with E-state index in [0.717, 1.165) is 13.0 Å². The molecule has 1 aromatic heterocycles. The highest BCUT2D eigenvalue weighted by Crippen LogP contribution is 2.22. The van der Waals surface area contributed by atoms with Crippen LogP contribution in [0, 0.1) is 0 Å². The van der Waals surface area contributed by atoms with E-state index < -0.39 is 0 Å². The lowest BCUT2D eigenvalue weighted by molar-refractivity contribution is 0.231. The molecule has 1 aliphatic rings. The number of rotatable bonds is 4. The van der Waals surface area contributed by atoms with Crippen molar-refractivity contribution in [2.75, 3.05) is 13.6 Å². The molecule has 2 nitrogen and oxygen atoms in total. The van der Waals surface area contributed by atoms with Crippen LogP contribution in [0.2, 0.25) is 0 Å². The number of likely N-dealkylation sites (N-methyl/N-ethyl adjacent to an activating group) is 1. The van der Waals surface area contributed by atoms with Crippen LogP contribution in [0.15, 0.2) is 17.5 Å². The van der Waals surface area contributed by atoms with Crippen LogP contribution in [-0.2, 0) is 6.42 Å². The van der Waals surface area contributed by atoms with Gasteiger partial charge < -0.3 is 10.6 Å². The van der Waals surface area contributed by atoms with Crippen molar-refractivity contribution in [2.24, 2.45) is 5.73 Å². The lowest BCUT2D eigenvalue weighted by atomic mass is 10.1. The molecule has 15 heavy (non-hydrogen) atoms. The van der Waals surface area contributed by atoms with Gasteiger partial charge >= 0.3 is 0 Å². The first-order valence-electron chi connectivity index (χ1n) is 5.75. The summed E-state index contributed by atoms with van der Waals surface area (Å²) in [5, 5.41) is 2.15. The van der Waals surface area contributed by atoms with Gasteiger partial charge in [0.15, 0.2) is 0 Å². The van der Waals surface area contributed by atoms with Crippen molar-refractivity contribution >= 4 is 11.3 Å². The Labute approximate surface area is 96.1 Å². The Morgan fingerprint density at radius 3 is 3.00 bits per heavy atom. The molecule has 1 fully saturated rings. The van der Waals surface area contributed by atoms with E-state index in [1.54, 1.807) is 0 Å². The molecule has 2 rings (SSSR count). The molecular formula is C12H20N2S. The Balaban J connectivity index is 1.79. The van der Waals surface area contributed by atoms with Crippen molar-refractivity contribution in [3.05, 3.63) is 22.4 Å². The summed E-state index contributed by atoms with van der Waals surface area (Å²) < 4.78 is 0. The molecule has 0 aromatic carbocycles. The van der Waals surface area contributed by atoms with Gasteiger partial charge in [0.25, 0.3) is 0 Å². The summed E-state index contributed by atoms with van der Waals surface area (Å²) in [7, 11) is 2.21. The molecule has 0 bridgehead atoms. The van der Waals surface area contributed by atoms with Crippen LogP contribution >= 0.6 is 11.3 Å². The summed E-state index contributed by atoms with van der Waals surface area (Å²) in [6.45, 7) is 1.14. The van der Waals surface area contributed by atoms with E-state index in [2.05, 4.69) is 29.5 Å². The predicted octanol–water partition coefficient (Wildman–Crippen LogP) is 2.10. The quantitative estimate of drug-likeness (QED) is 0.848. The summed E-state index contributed by atoms with van der Waals surface area (Å²) in [6, 6.07) is 5.36. The summed E-state index contributed by atoms with van der Waals surface area (Å²) in [5.41, 5.74) is 6.09. The first kappa shape index (κ1) is 11.1. The van der Waals surface area contributed by atoms with Crippen LogP contribution < -0.4 is 5.73 Å². The average Bonchev–Trinajstić information content (AvgIpc) is 2.84. The van der Waals surface area contributed by atoms with Gasteiger partial charge in [-0.2, -0.15) is 0 Å². The smallest absolute Gasteiger partial charge is 0.0244 e. The van der Waals surface area contributed by atoms with E-state index >= 15 is 0 Å². The van der Waals surface area contributed by atoms with Crippen molar-refractivity contribution in [2.45, 2.75) is 37.8 Å². The van der Waals surface area contributed by atoms with Gasteiger partial charge in [0, 0.05) is 23.5 Å². The van der Waals surface area contributed by atoms with Crippen molar-refractivity contribution in [3.8, 4) is 0 Å². The molecule has 0 amide bonds. The molecule has 2 atom stereocenters. The lowest BCUT2D eigenvalue weighted by Crippen LogP contribution is -2.42. The summed E-state index contributed by atoms with van der Waals surface area (Å²) in [6.07, 6.45) is 4.95. The standard InChI is InChI=1S/C12H20N2S/c1-14(12-6-2-5-11(12)13)8-7-10-4-3-9-15-10/h3-4,9,11-12H,2,5-8,13H2,1H3. The summed E-state index contributed by atoms with van der Waals surface area (Å²) in [4.78, 5) is 3.92. The molecule has 2 unspecified atom stereocenters. The van der Waals surface area contributed by atoms with E-state index in [4.69, 9.17) is 5.73 Å². The van der Waals surface area contributed by atoms with Gasteiger partial charge in [0.05, 0.1) is 0 Å². The minimum atomic E-state index is 0.401. The summed E-state index contributed by atoms with van der Waals surface area (Å²) >= 11 is 1.85. The van der Waals surface area contributed by atoms with Gasteiger partial charge in [-0.3, -0.25) is 0 Å². The maximum atomic E-state index is 6.09. The van der Waals surface area contributed by atoms with E-state index in [-0.39, 0.29) is 0 Å². The molecule has 84 valence electrons. The fourth-order valence-corrected chi connectivity index (χ4v) is 3.12. The highest BCUT2D eigenvalue weighted by atomic mass is 32.1. The average molecular weight is 224 g/mol. The van der Waals surface area contributed by atoms with E-state index in [1.807, 2.05) is 11.3 Å². The van der Waals surface area contributed by atoms with Gasteiger partial charge in [-0.05, 0) is 37.8 Å². The molecule has 0 aliphatic heterocycles. The SMILES string of the molecule is CN(CCc1cccs1)C1CCCC1N. The van der Waals surface area contributed by atoms with Gasteiger partial charge in [-0.1, -0.05) is 12.5 Å². The molecule has 3 heteroatoms. The third kappa shape index (κ3) is 2.80. The molecule has 1 saturated carbocycles. The van der Waals surface area contributed by atoms with Crippen LogP contribution in [0.1, 0.15) is 24.1 Å². The highest BCUT2D eigenvalue weighted by Gasteiger charge is 2.26. The Hall–Kier alpha value is -0.380. The van der Waals surface area contributed by atoms with Crippen LogP contribution in [0.25, 0.3) is 0 Å². The Bertz CT molecular complexity index is 284. The molecule has 0 spiro atoms. The van der Waals surface area contributed by atoms with Crippen LogP contribution in [-0.4, -0.2) is 30.6 Å². The number of thiophene rings is 1. The summed E-state index contributed by atoms with van der Waals surface area (Å²) in [5.74, 6) is 0. The number of hydrogen-bond donors (Lipinski definition) is 1. The molecule has 0 saturated heterocycles. The number of nitrogens with zero attached hydrogens (tertiary/aromatic N) is 1. The van der Waals surface area contributed by atoms with E-state index in [1.165, 1.54) is 24.1 Å². The van der Waals surface area contributed by atoms with Crippen molar-refractivity contribution in [3.63, 3.8) is 0 Å². The van der Waals surface area contributed by atoms with Crippen molar-refractivity contribution in [1.82, 2.24) is 4.90 Å². The zero-order valence-electron chi connectivity index (χ0n) is 9.36. The van der Waals surface area contributed by atoms with Gasteiger partial charge in [0.2, 0.25) is 0 Å². The Morgan fingerprint density at radius 1 is 1.53 bits per heavy atom. The maximum Gasteiger partial charge on any atom is 0.0244 e. The van der Waals surface area contributed by atoms with E-state index in [9.17, 15) is 0 Å². The topological polar surface area (TPSA) is 29.3 Å². The second-order valence-corrected chi connectivity index (χ2v) is 5.50. The first-order chi connectivity index (χ1) is 7.27. The van der Waals surface area contributed by atoms with Crippen LogP contribution in [0.3, 0.4) is 0 Å². The zero-order chi connectivity index (χ0) is 10.7. The largest absolute Gasteiger partial charge is 0.326 e.